The summed E-state index contributed by atoms with van der Waals surface area (Å²) in [7, 11) is 0. The minimum atomic E-state index is -0.693. The second-order valence-corrected chi connectivity index (χ2v) is 3.76. The Morgan fingerprint density at radius 1 is 1.56 bits per heavy atom. The molecule has 4 nitrogen and oxygen atoms in total. The number of halogens is 2. The highest BCUT2D eigenvalue weighted by atomic mass is 35.5. The predicted molar refractivity (Wildman–Crippen MR) is 61.3 cm³/mol. The molecule has 16 heavy (non-hydrogen) atoms. The first kappa shape index (κ1) is 11.2. The lowest BCUT2D eigenvalue weighted by Gasteiger charge is -2.10. The van der Waals surface area contributed by atoms with Gasteiger partial charge in [0.05, 0.1) is 34.8 Å². The number of nitrogens with one attached hydrogen (secondary N) is 2. The maximum absolute atomic E-state index is 13.8. The van der Waals surface area contributed by atoms with Crippen LogP contribution in [0.3, 0.4) is 0 Å². The number of benzene rings is 1. The van der Waals surface area contributed by atoms with Gasteiger partial charge >= 0.3 is 0 Å². The number of anilines is 1. The minimum absolute atomic E-state index is 0.114. The van der Waals surface area contributed by atoms with Crippen molar-refractivity contribution in [2.75, 3.05) is 17.7 Å². The molecule has 1 aromatic carbocycles. The van der Waals surface area contributed by atoms with E-state index in [1.54, 1.807) is 12.1 Å². The SMILES string of the molecule is OC(CCl)CNc1ccc2[nH]ncc2c1F. The van der Waals surface area contributed by atoms with Gasteiger partial charge in [0.15, 0.2) is 5.82 Å². The summed E-state index contributed by atoms with van der Waals surface area (Å²) in [5.41, 5.74) is 0.971. The van der Waals surface area contributed by atoms with Crippen molar-refractivity contribution in [1.82, 2.24) is 10.2 Å². The first-order valence-corrected chi connectivity index (χ1v) is 5.35. The fraction of sp³-hybridized carbons (Fsp3) is 0.300. The number of aromatic nitrogens is 2. The summed E-state index contributed by atoms with van der Waals surface area (Å²) in [6.07, 6.45) is 0.731. The summed E-state index contributed by atoms with van der Waals surface area (Å²) in [6, 6.07) is 3.32. The average Bonchev–Trinajstić information content (AvgIpc) is 2.76. The summed E-state index contributed by atoms with van der Waals surface area (Å²) in [4.78, 5) is 0. The van der Waals surface area contributed by atoms with E-state index in [9.17, 15) is 9.50 Å². The third-order valence-corrected chi connectivity index (χ3v) is 2.62. The van der Waals surface area contributed by atoms with Crippen molar-refractivity contribution in [3.8, 4) is 0 Å². The normalized spacial score (nSPS) is 12.9. The van der Waals surface area contributed by atoms with E-state index < -0.39 is 6.10 Å². The number of alkyl halides is 1. The van der Waals surface area contributed by atoms with Crippen molar-refractivity contribution in [2.45, 2.75) is 6.10 Å². The van der Waals surface area contributed by atoms with Gasteiger partial charge in [0.1, 0.15) is 0 Å². The highest BCUT2D eigenvalue weighted by molar-refractivity contribution is 6.18. The van der Waals surface area contributed by atoms with Gasteiger partial charge in [-0.1, -0.05) is 0 Å². The van der Waals surface area contributed by atoms with Gasteiger partial charge in [0.25, 0.3) is 0 Å². The number of fused-ring (bicyclic) bond motifs is 1. The maximum Gasteiger partial charge on any atom is 0.157 e. The second kappa shape index (κ2) is 4.67. The molecule has 2 rings (SSSR count). The molecule has 0 bridgehead atoms. The molecular formula is C10H11ClFN3O. The maximum atomic E-state index is 13.8. The average molecular weight is 244 g/mol. The standard InChI is InChI=1S/C10H11ClFN3O/c11-3-6(16)4-13-9-2-1-8-7(10(9)12)5-14-15-8/h1-2,5-6,13,16H,3-4H2,(H,14,15). The summed E-state index contributed by atoms with van der Waals surface area (Å²) in [6.45, 7) is 0.212. The summed E-state index contributed by atoms with van der Waals surface area (Å²) < 4.78 is 13.8. The Kier molecular flexibility index (Phi) is 3.26. The Morgan fingerprint density at radius 2 is 2.38 bits per heavy atom. The van der Waals surface area contributed by atoms with Crippen molar-refractivity contribution in [2.24, 2.45) is 0 Å². The second-order valence-electron chi connectivity index (χ2n) is 3.45. The van der Waals surface area contributed by atoms with Crippen molar-refractivity contribution < 1.29 is 9.50 Å². The molecule has 0 radical (unpaired) electrons. The van der Waals surface area contributed by atoms with Crippen LogP contribution >= 0.6 is 11.6 Å². The number of H-pyrrole nitrogens is 1. The first-order valence-electron chi connectivity index (χ1n) is 4.82. The van der Waals surface area contributed by atoms with Gasteiger partial charge in [-0.25, -0.2) is 4.39 Å². The van der Waals surface area contributed by atoms with Crippen LogP contribution in [-0.4, -0.2) is 33.8 Å². The van der Waals surface area contributed by atoms with E-state index in [0.29, 0.717) is 16.6 Å². The molecule has 0 saturated carbocycles. The van der Waals surface area contributed by atoms with Gasteiger partial charge in [0.2, 0.25) is 0 Å². The fourth-order valence-electron chi connectivity index (χ4n) is 1.40. The zero-order valence-corrected chi connectivity index (χ0v) is 9.13. The Bertz CT molecular complexity index is 488. The Balaban J connectivity index is 2.21. The summed E-state index contributed by atoms with van der Waals surface area (Å²) >= 11 is 5.44. The molecule has 1 unspecified atom stereocenters. The number of rotatable bonds is 4. The van der Waals surface area contributed by atoms with Crippen molar-refractivity contribution in [3.05, 3.63) is 24.1 Å². The Labute approximate surface area is 96.4 Å². The molecule has 1 atom stereocenters. The smallest absolute Gasteiger partial charge is 0.157 e. The van der Waals surface area contributed by atoms with E-state index >= 15 is 0 Å². The Hall–Kier alpha value is -1.33. The number of aliphatic hydroxyl groups excluding tert-OH is 1. The van der Waals surface area contributed by atoms with Crippen molar-refractivity contribution >= 4 is 28.2 Å². The highest BCUT2D eigenvalue weighted by Gasteiger charge is 2.09. The van der Waals surface area contributed by atoms with E-state index in [1.165, 1.54) is 6.20 Å². The zero-order valence-electron chi connectivity index (χ0n) is 8.37. The van der Waals surface area contributed by atoms with Gasteiger partial charge in [-0.2, -0.15) is 5.10 Å². The van der Waals surface area contributed by atoms with Crippen molar-refractivity contribution in [1.29, 1.82) is 0 Å². The lowest BCUT2D eigenvalue weighted by atomic mass is 10.2. The van der Waals surface area contributed by atoms with Crippen LogP contribution in [0.5, 0.6) is 0 Å². The number of aliphatic hydroxyl groups is 1. The number of hydrogen-bond donors (Lipinski definition) is 3. The van der Waals surface area contributed by atoms with Gasteiger partial charge in [-0.05, 0) is 12.1 Å². The van der Waals surface area contributed by atoms with E-state index in [1.807, 2.05) is 0 Å². The molecule has 6 heteroatoms. The summed E-state index contributed by atoms with van der Waals surface area (Å²) in [5.74, 6) is -0.268. The molecule has 0 amide bonds. The zero-order chi connectivity index (χ0) is 11.5. The van der Waals surface area contributed by atoms with Crippen LogP contribution in [0.15, 0.2) is 18.3 Å². The number of nitrogens with zero attached hydrogens (tertiary/aromatic N) is 1. The molecule has 1 heterocycles. The number of aromatic amines is 1. The third kappa shape index (κ3) is 2.10. The molecule has 0 saturated heterocycles. The molecule has 0 aliphatic carbocycles. The predicted octanol–water partition coefficient (Wildman–Crippen LogP) is 1.71. The van der Waals surface area contributed by atoms with Crippen LogP contribution in [-0.2, 0) is 0 Å². The fourth-order valence-corrected chi connectivity index (χ4v) is 1.51. The van der Waals surface area contributed by atoms with E-state index in [4.69, 9.17) is 11.6 Å². The van der Waals surface area contributed by atoms with Gasteiger partial charge in [-0.3, -0.25) is 5.10 Å². The molecule has 0 aliphatic heterocycles. The molecule has 0 fully saturated rings. The van der Waals surface area contributed by atoms with Gasteiger partial charge < -0.3 is 10.4 Å². The topological polar surface area (TPSA) is 60.9 Å². The lowest BCUT2D eigenvalue weighted by molar-refractivity contribution is 0.211. The molecule has 2 aromatic rings. The molecular weight excluding hydrogens is 233 g/mol. The lowest BCUT2D eigenvalue weighted by Crippen LogP contribution is -2.21. The Morgan fingerprint density at radius 3 is 3.12 bits per heavy atom. The molecule has 1 aromatic heterocycles. The van der Waals surface area contributed by atoms with Crippen LogP contribution in [0.1, 0.15) is 0 Å². The quantitative estimate of drug-likeness (QED) is 0.717. The van der Waals surface area contributed by atoms with Crippen molar-refractivity contribution in [3.63, 3.8) is 0 Å². The summed E-state index contributed by atoms with van der Waals surface area (Å²) in [5, 5.41) is 18.9. The first-order chi connectivity index (χ1) is 7.72. The molecule has 0 spiro atoms. The third-order valence-electron chi connectivity index (χ3n) is 2.26. The van der Waals surface area contributed by atoms with Crippen LogP contribution in [0.25, 0.3) is 10.9 Å². The minimum Gasteiger partial charge on any atom is -0.390 e. The van der Waals surface area contributed by atoms with E-state index in [-0.39, 0.29) is 18.2 Å². The van der Waals surface area contributed by atoms with Gasteiger partial charge in [0, 0.05) is 6.54 Å². The largest absolute Gasteiger partial charge is 0.390 e. The molecule has 86 valence electrons. The van der Waals surface area contributed by atoms with Crippen LogP contribution in [0.4, 0.5) is 10.1 Å². The monoisotopic (exact) mass is 243 g/mol. The van der Waals surface area contributed by atoms with Crippen LogP contribution in [0.2, 0.25) is 0 Å². The van der Waals surface area contributed by atoms with E-state index in [0.717, 1.165) is 0 Å². The van der Waals surface area contributed by atoms with Crippen LogP contribution in [0, 0.1) is 5.82 Å². The van der Waals surface area contributed by atoms with E-state index in [2.05, 4.69) is 15.5 Å². The molecule has 0 aliphatic rings. The van der Waals surface area contributed by atoms with Gasteiger partial charge in [-0.15, -0.1) is 11.6 Å². The number of hydrogen-bond acceptors (Lipinski definition) is 3. The van der Waals surface area contributed by atoms with Crippen LogP contribution < -0.4 is 5.32 Å². The molecule has 3 N–H and O–H groups in total. The highest BCUT2D eigenvalue weighted by Crippen LogP contribution is 2.22.